The summed E-state index contributed by atoms with van der Waals surface area (Å²) in [6, 6.07) is 23.1. The molecule has 7 heteroatoms. The number of hydrogen-bond donors (Lipinski definition) is 4. The van der Waals surface area contributed by atoms with Crippen LogP contribution >= 0.6 is 0 Å². The summed E-state index contributed by atoms with van der Waals surface area (Å²) in [6.45, 7) is 0.354. The first-order valence-corrected chi connectivity index (χ1v) is 10.8. The molecule has 0 heterocycles. The molecule has 0 aromatic heterocycles. The minimum atomic E-state index is -0.268. The van der Waals surface area contributed by atoms with E-state index in [-0.39, 0.29) is 5.91 Å². The van der Waals surface area contributed by atoms with Gasteiger partial charge in [0.2, 0.25) is 0 Å². The highest BCUT2D eigenvalue weighted by Gasteiger charge is 2.15. The van der Waals surface area contributed by atoms with Gasteiger partial charge >= 0.3 is 0 Å². The predicted molar refractivity (Wildman–Crippen MR) is 138 cm³/mol. The molecule has 5 N–H and O–H groups in total. The molecule has 0 saturated carbocycles. The fourth-order valence-electron chi connectivity index (χ4n) is 3.43. The number of amides is 1. The topological polar surface area (TPSA) is 113 Å². The first-order valence-electron chi connectivity index (χ1n) is 10.8. The lowest BCUT2D eigenvalue weighted by Crippen LogP contribution is -2.29. The van der Waals surface area contributed by atoms with Gasteiger partial charge in [-0.3, -0.25) is 9.79 Å². The van der Waals surface area contributed by atoms with Gasteiger partial charge in [0.25, 0.3) is 5.91 Å². The summed E-state index contributed by atoms with van der Waals surface area (Å²) in [5.74, 6) is 0.427. The van der Waals surface area contributed by atoms with E-state index in [0.29, 0.717) is 30.0 Å². The van der Waals surface area contributed by atoms with Gasteiger partial charge in [0, 0.05) is 49.4 Å². The molecule has 0 atom stereocenters. The molecular weight excluding hydrogens is 426 g/mol. The zero-order valence-electron chi connectivity index (χ0n) is 19.3. The van der Waals surface area contributed by atoms with Crippen LogP contribution in [0.3, 0.4) is 0 Å². The quantitative estimate of drug-likeness (QED) is 0.271. The van der Waals surface area contributed by atoms with Gasteiger partial charge in [-0.15, -0.1) is 0 Å². The summed E-state index contributed by atoms with van der Waals surface area (Å²) in [7, 11) is 3.26. The molecule has 0 aliphatic carbocycles. The Morgan fingerprint density at radius 2 is 1.79 bits per heavy atom. The third-order valence-electron chi connectivity index (χ3n) is 5.31. The molecule has 34 heavy (non-hydrogen) atoms. The maximum atomic E-state index is 12.8. The highest BCUT2D eigenvalue weighted by atomic mass is 16.5. The average Bonchev–Trinajstić information content (AvgIpc) is 2.88. The fourth-order valence-corrected chi connectivity index (χ4v) is 3.43. The van der Waals surface area contributed by atoms with Gasteiger partial charge in [-0.25, -0.2) is 0 Å². The molecule has 3 aromatic carbocycles. The van der Waals surface area contributed by atoms with Crippen LogP contribution < -0.4 is 21.1 Å². The van der Waals surface area contributed by atoms with Gasteiger partial charge in [0.1, 0.15) is 5.75 Å². The summed E-state index contributed by atoms with van der Waals surface area (Å²) >= 11 is 0. The SMILES string of the molecule is CN=C(Cc1ccccc1)C(=CN)C(=O)NCc1ccc(Nc2ccc(OC)cc2C=N)cc1. The van der Waals surface area contributed by atoms with E-state index in [1.165, 1.54) is 12.4 Å². The molecule has 3 rings (SSSR count). The molecule has 7 nitrogen and oxygen atoms in total. The number of aliphatic imine (C=N–C) groups is 1. The van der Waals surface area contributed by atoms with E-state index in [9.17, 15) is 4.79 Å². The number of benzene rings is 3. The molecule has 1 amide bonds. The second kappa shape index (κ2) is 12.0. The van der Waals surface area contributed by atoms with E-state index >= 15 is 0 Å². The van der Waals surface area contributed by atoms with Gasteiger partial charge in [-0.05, 0) is 41.5 Å². The minimum Gasteiger partial charge on any atom is -0.497 e. The molecule has 0 aliphatic heterocycles. The molecule has 0 bridgehead atoms. The molecule has 0 aliphatic rings. The maximum absolute atomic E-state index is 12.8. The number of methoxy groups -OCH3 is 1. The number of nitrogens with two attached hydrogens (primary N) is 1. The molecular formula is C27H29N5O2. The predicted octanol–water partition coefficient (Wildman–Crippen LogP) is 4.21. The van der Waals surface area contributed by atoms with E-state index in [2.05, 4.69) is 15.6 Å². The molecule has 0 saturated heterocycles. The lowest BCUT2D eigenvalue weighted by Gasteiger charge is -2.13. The minimum absolute atomic E-state index is 0.268. The lowest BCUT2D eigenvalue weighted by atomic mass is 10.0. The Balaban J connectivity index is 1.61. The van der Waals surface area contributed by atoms with Crippen LogP contribution in [-0.4, -0.2) is 32.0 Å². The van der Waals surface area contributed by atoms with E-state index in [4.69, 9.17) is 15.9 Å². The molecule has 0 spiro atoms. The maximum Gasteiger partial charge on any atom is 0.254 e. The third-order valence-corrected chi connectivity index (χ3v) is 5.31. The smallest absolute Gasteiger partial charge is 0.254 e. The van der Waals surface area contributed by atoms with Crippen molar-refractivity contribution in [2.75, 3.05) is 19.5 Å². The largest absolute Gasteiger partial charge is 0.497 e. The number of carbonyl (C=O) groups is 1. The van der Waals surface area contributed by atoms with Gasteiger partial charge in [0.05, 0.1) is 18.4 Å². The number of nitrogens with zero attached hydrogens (tertiary/aromatic N) is 1. The van der Waals surface area contributed by atoms with Crippen LogP contribution in [0.2, 0.25) is 0 Å². The van der Waals surface area contributed by atoms with Crippen molar-refractivity contribution in [2.24, 2.45) is 10.7 Å². The summed E-state index contributed by atoms with van der Waals surface area (Å²) < 4.78 is 5.22. The van der Waals surface area contributed by atoms with Crippen LogP contribution in [0.25, 0.3) is 0 Å². The number of carbonyl (C=O) groups excluding carboxylic acids is 1. The standard InChI is InChI=1S/C27H29N5O2/c1-30-26(14-19-6-4-3-5-7-19)24(17-29)27(33)31-18-20-8-10-22(11-9-20)32-25-13-12-23(34-2)15-21(25)16-28/h3-13,15-17,28,32H,14,18,29H2,1-2H3,(H,31,33). The Morgan fingerprint density at radius 3 is 2.41 bits per heavy atom. The van der Waals surface area contributed by atoms with Crippen molar-refractivity contribution in [3.63, 3.8) is 0 Å². The summed E-state index contributed by atoms with van der Waals surface area (Å²) in [4.78, 5) is 17.1. The number of hydrogen-bond acceptors (Lipinski definition) is 6. The van der Waals surface area contributed by atoms with Crippen molar-refractivity contribution >= 4 is 29.2 Å². The van der Waals surface area contributed by atoms with Gasteiger partial charge in [0.15, 0.2) is 0 Å². The first-order chi connectivity index (χ1) is 16.6. The summed E-state index contributed by atoms with van der Waals surface area (Å²) in [6.07, 6.45) is 3.11. The highest BCUT2D eigenvalue weighted by molar-refractivity contribution is 6.22. The number of anilines is 2. The van der Waals surface area contributed by atoms with E-state index < -0.39 is 0 Å². The molecule has 0 unspecified atom stereocenters. The molecule has 174 valence electrons. The zero-order chi connectivity index (χ0) is 24.3. The molecule has 0 radical (unpaired) electrons. The summed E-state index contributed by atoms with van der Waals surface area (Å²) in [5.41, 5.74) is 11.2. The van der Waals surface area contributed by atoms with Crippen molar-refractivity contribution < 1.29 is 9.53 Å². The molecule has 3 aromatic rings. The van der Waals surface area contributed by atoms with Crippen molar-refractivity contribution in [3.05, 3.63) is 101 Å². The number of rotatable bonds is 10. The average molecular weight is 456 g/mol. The van der Waals surface area contributed by atoms with Crippen LogP contribution in [-0.2, 0) is 17.8 Å². The van der Waals surface area contributed by atoms with Crippen molar-refractivity contribution in [3.8, 4) is 5.75 Å². The fraction of sp³-hybridized carbons (Fsp3) is 0.148. The number of nitrogens with one attached hydrogen (secondary N) is 3. The lowest BCUT2D eigenvalue weighted by molar-refractivity contribution is -0.117. The van der Waals surface area contributed by atoms with Crippen molar-refractivity contribution in [1.29, 1.82) is 5.41 Å². The Labute approximate surface area is 199 Å². The van der Waals surface area contributed by atoms with E-state index in [1.807, 2.05) is 66.7 Å². The van der Waals surface area contributed by atoms with E-state index in [0.717, 1.165) is 28.1 Å². The Kier molecular flexibility index (Phi) is 8.57. The second-order valence-corrected chi connectivity index (χ2v) is 7.52. The van der Waals surface area contributed by atoms with Gasteiger partial charge in [-0.1, -0.05) is 42.5 Å². The van der Waals surface area contributed by atoms with Crippen molar-refractivity contribution in [2.45, 2.75) is 13.0 Å². The van der Waals surface area contributed by atoms with Crippen molar-refractivity contribution in [1.82, 2.24) is 5.32 Å². The zero-order valence-corrected chi connectivity index (χ0v) is 19.3. The van der Waals surface area contributed by atoms with Gasteiger partial charge in [-0.2, -0.15) is 0 Å². The van der Waals surface area contributed by atoms with Crippen LogP contribution in [0, 0.1) is 5.41 Å². The third kappa shape index (κ3) is 6.32. The first kappa shape index (κ1) is 24.3. The van der Waals surface area contributed by atoms with Crippen LogP contribution in [0.1, 0.15) is 16.7 Å². The Hall–Kier alpha value is -4.39. The van der Waals surface area contributed by atoms with Crippen LogP contribution in [0.15, 0.2) is 89.6 Å². The Bertz CT molecular complexity index is 1190. The summed E-state index contributed by atoms with van der Waals surface area (Å²) in [5, 5.41) is 13.8. The normalized spacial score (nSPS) is 11.6. The van der Waals surface area contributed by atoms with Crippen LogP contribution in [0.5, 0.6) is 5.75 Å². The van der Waals surface area contributed by atoms with Crippen LogP contribution in [0.4, 0.5) is 11.4 Å². The second-order valence-electron chi connectivity index (χ2n) is 7.52. The number of ether oxygens (including phenoxy) is 1. The Morgan fingerprint density at radius 1 is 1.06 bits per heavy atom. The van der Waals surface area contributed by atoms with Gasteiger partial charge < -0.3 is 26.5 Å². The van der Waals surface area contributed by atoms with E-state index in [1.54, 1.807) is 20.2 Å². The monoisotopic (exact) mass is 455 g/mol. The highest BCUT2D eigenvalue weighted by Crippen LogP contribution is 2.24. The molecule has 0 fully saturated rings.